The van der Waals surface area contributed by atoms with Gasteiger partial charge >= 0.3 is 0 Å². The zero-order valence-corrected chi connectivity index (χ0v) is 14.1. The molecule has 4 nitrogen and oxygen atoms in total. The quantitative estimate of drug-likeness (QED) is 0.909. The number of amides is 1. The summed E-state index contributed by atoms with van der Waals surface area (Å²) in [6.07, 6.45) is 1.11. The summed E-state index contributed by atoms with van der Waals surface area (Å²) in [7, 11) is 1.74. The van der Waals surface area contributed by atoms with Crippen molar-refractivity contribution < 1.29 is 9.53 Å². The highest BCUT2D eigenvalue weighted by Crippen LogP contribution is 2.24. The molecule has 2 rings (SSSR count). The number of hydrogen-bond donors (Lipinski definition) is 1. The molecule has 0 saturated carbocycles. The van der Waals surface area contributed by atoms with Gasteiger partial charge in [0.2, 0.25) is 5.91 Å². The van der Waals surface area contributed by atoms with Gasteiger partial charge in [-0.3, -0.25) is 4.79 Å². The number of nitrogens with two attached hydrogens (primary N) is 1. The number of benzene rings is 1. The maximum atomic E-state index is 12.5. The molecule has 1 fully saturated rings. The third-order valence-electron chi connectivity index (χ3n) is 3.56. The van der Waals surface area contributed by atoms with Crippen LogP contribution in [-0.2, 0) is 16.1 Å². The number of likely N-dealkylation sites (N-methyl/N-ethyl adjacent to an activating group) is 1. The highest BCUT2D eigenvalue weighted by atomic mass is 35.5. The lowest BCUT2D eigenvalue weighted by atomic mass is 9.89. The van der Waals surface area contributed by atoms with Crippen LogP contribution in [0.5, 0.6) is 0 Å². The molecule has 7 heteroatoms. The van der Waals surface area contributed by atoms with Crippen LogP contribution in [0.2, 0.25) is 10.0 Å². The molecule has 118 valence electrons. The highest BCUT2D eigenvalue weighted by Gasteiger charge is 2.37. The Hall–Kier alpha value is -0.520. The van der Waals surface area contributed by atoms with Crippen molar-refractivity contribution in [2.24, 2.45) is 5.73 Å². The highest BCUT2D eigenvalue weighted by molar-refractivity contribution is 6.42. The van der Waals surface area contributed by atoms with E-state index in [1.807, 2.05) is 6.07 Å². The molecule has 21 heavy (non-hydrogen) atoms. The van der Waals surface area contributed by atoms with Crippen molar-refractivity contribution in [3.05, 3.63) is 33.8 Å². The lowest BCUT2D eigenvalue weighted by molar-refractivity contribution is -0.139. The first-order valence-electron chi connectivity index (χ1n) is 6.48. The standard InChI is InChI=1S/C14H18Cl2N2O2.ClH/c1-18(9-10-2-3-11(15)12(16)8-10)13(19)14(17)4-6-20-7-5-14;/h2-3,8H,4-7,9,17H2,1H3;1H. The molecule has 1 heterocycles. The first-order valence-corrected chi connectivity index (χ1v) is 7.24. The molecule has 0 spiro atoms. The van der Waals surface area contributed by atoms with Crippen LogP contribution >= 0.6 is 35.6 Å². The summed E-state index contributed by atoms with van der Waals surface area (Å²) in [5, 5.41) is 0.989. The minimum Gasteiger partial charge on any atom is -0.381 e. The number of rotatable bonds is 3. The van der Waals surface area contributed by atoms with Gasteiger partial charge in [0, 0.05) is 26.8 Å². The summed E-state index contributed by atoms with van der Waals surface area (Å²) < 4.78 is 5.26. The van der Waals surface area contributed by atoms with Crippen molar-refractivity contribution >= 4 is 41.5 Å². The van der Waals surface area contributed by atoms with Crippen LogP contribution < -0.4 is 5.73 Å². The fourth-order valence-electron chi connectivity index (χ4n) is 2.31. The lowest BCUT2D eigenvalue weighted by Gasteiger charge is -2.35. The number of carbonyl (C=O) groups is 1. The summed E-state index contributed by atoms with van der Waals surface area (Å²) in [6, 6.07) is 5.34. The van der Waals surface area contributed by atoms with Gasteiger partial charge in [-0.1, -0.05) is 29.3 Å². The first-order chi connectivity index (χ1) is 9.42. The maximum absolute atomic E-state index is 12.5. The normalized spacial score (nSPS) is 17.0. The molecule has 1 saturated heterocycles. The van der Waals surface area contributed by atoms with E-state index in [4.69, 9.17) is 33.7 Å². The largest absolute Gasteiger partial charge is 0.381 e. The van der Waals surface area contributed by atoms with Gasteiger partial charge in [-0.05, 0) is 30.5 Å². The lowest BCUT2D eigenvalue weighted by Crippen LogP contribution is -2.57. The third kappa shape index (κ3) is 4.47. The van der Waals surface area contributed by atoms with E-state index in [1.165, 1.54) is 0 Å². The van der Waals surface area contributed by atoms with Crippen molar-refractivity contribution in [3.63, 3.8) is 0 Å². The topological polar surface area (TPSA) is 55.6 Å². The van der Waals surface area contributed by atoms with Crippen molar-refractivity contribution in [2.45, 2.75) is 24.9 Å². The van der Waals surface area contributed by atoms with E-state index >= 15 is 0 Å². The van der Waals surface area contributed by atoms with Gasteiger partial charge in [0.25, 0.3) is 0 Å². The Bertz CT molecular complexity index is 505. The van der Waals surface area contributed by atoms with Crippen molar-refractivity contribution in [1.29, 1.82) is 0 Å². The van der Waals surface area contributed by atoms with E-state index in [0.29, 0.717) is 42.6 Å². The Labute approximate surface area is 140 Å². The van der Waals surface area contributed by atoms with Gasteiger partial charge in [0.15, 0.2) is 0 Å². The zero-order chi connectivity index (χ0) is 14.8. The van der Waals surface area contributed by atoms with Gasteiger partial charge in [-0.25, -0.2) is 0 Å². The number of carbonyl (C=O) groups excluding carboxylic acids is 1. The van der Waals surface area contributed by atoms with Crippen LogP contribution in [0.1, 0.15) is 18.4 Å². The maximum Gasteiger partial charge on any atom is 0.242 e. The summed E-state index contributed by atoms with van der Waals surface area (Å²) >= 11 is 11.9. The van der Waals surface area contributed by atoms with Gasteiger partial charge < -0.3 is 15.4 Å². The third-order valence-corrected chi connectivity index (χ3v) is 4.30. The molecule has 1 aliphatic rings. The molecule has 0 bridgehead atoms. The summed E-state index contributed by atoms with van der Waals surface area (Å²) in [5.74, 6) is -0.0631. The molecule has 1 amide bonds. The predicted octanol–water partition coefficient (Wildman–Crippen LogP) is 2.88. The smallest absolute Gasteiger partial charge is 0.242 e. The van der Waals surface area contributed by atoms with Crippen molar-refractivity contribution in [1.82, 2.24) is 4.90 Å². The van der Waals surface area contributed by atoms with E-state index in [0.717, 1.165) is 5.56 Å². The molecule has 0 aromatic heterocycles. The van der Waals surface area contributed by atoms with E-state index in [9.17, 15) is 4.79 Å². The zero-order valence-electron chi connectivity index (χ0n) is 11.8. The number of nitrogens with zero attached hydrogens (tertiary/aromatic N) is 1. The van der Waals surface area contributed by atoms with E-state index in [2.05, 4.69) is 0 Å². The van der Waals surface area contributed by atoms with E-state index < -0.39 is 5.54 Å². The average molecular weight is 354 g/mol. The van der Waals surface area contributed by atoms with Crippen molar-refractivity contribution in [3.8, 4) is 0 Å². The Morgan fingerprint density at radius 1 is 1.33 bits per heavy atom. The molecule has 1 aliphatic heterocycles. The van der Waals surface area contributed by atoms with Gasteiger partial charge in [0.1, 0.15) is 0 Å². The Kier molecular flexibility index (Phi) is 6.75. The van der Waals surface area contributed by atoms with Crippen LogP contribution in [0.4, 0.5) is 0 Å². The first kappa shape index (κ1) is 18.5. The minimum atomic E-state index is -0.816. The molecule has 1 aromatic rings. The van der Waals surface area contributed by atoms with Crippen LogP contribution in [-0.4, -0.2) is 36.6 Å². The molecular weight excluding hydrogens is 335 g/mol. The van der Waals surface area contributed by atoms with Gasteiger partial charge in [-0.15, -0.1) is 12.4 Å². The second-order valence-electron chi connectivity index (χ2n) is 5.18. The molecule has 2 N–H and O–H groups in total. The predicted molar refractivity (Wildman–Crippen MR) is 87.2 cm³/mol. The molecule has 0 atom stereocenters. The fourth-order valence-corrected chi connectivity index (χ4v) is 2.63. The Morgan fingerprint density at radius 3 is 2.52 bits per heavy atom. The van der Waals surface area contributed by atoms with Crippen molar-refractivity contribution in [2.75, 3.05) is 20.3 Å². The van der Waals surface area contributed by atoms with Crippen LogP contribution in [0.3, 0.4) is 0 Å². The van der Waals surface area contributed by atoms with Gasteiger partial charge in [0.05, 0.1) is 15.6 Å². The summed E-state index contributed by atoms with van der Waals surface area (Å²) in [6.45, 7) is 1.52. The van der Waals surface area contributed by atoms with E-state index in [1.54, 1.807) is 24.1 Å². The number of ether oxygens (including phenoxy) is 1. The molecular formula is C14H19Cl3N2O2. The van der Waals surface area contributed by atoms with Crippen LogP contribution in [0, 0.1) is 0 Å². The molecule has 0 aliphatic carbocycles. The molecule has 1 aromatic carbocycles. The van der Waals surface area contributed by atoms with E-state index in [-0.39, 0.29) is 18.3 Å². The second kappa shape index (κ2) is 7.65. The Morgan fingerprint density at radius 2 is 1.95 bits per heavy atom. The molecule has 0 unspecified atom stereocenters. The second-order valence-corrected chi connectivity index (χ2v) is 5.99. The van der Waals surface area contributed by atoms with Crippen LogP contribution in [0.25, 0.3) is 0 Å². The molecule has 0 radical (unpaired) electrons. The fraction of sp³-hybridized carbons (Fsp3) is 0.500. The SMILES string of the molecule is CN(Cc1ccc(Cl)c(Cl)c1)C(=O)C1(N)CCOCC1.Cl. The monoisotopic (exact) mass is 352 g/mol. The summed E-state index contributed by atoms with van der Waals surface area (Å²) in [5.41, 5.74) is 6.30. The Balaban J connectivity index is 0.00000220. The van der Waals surface area contributed by atoms with Crippen LogP contribution in [0.15, 0.2) is 18.2 Å². The van der Waals surface area contributed by atoms with Gasteiger partial charge in [-0.2, -0.15) is 0 Å². The number of hydrogen-bond acceptors (Lipinski definition) is 3. The summed E-state index contributed by atoms with van der Waals surface area (Å²) in [4.78, 5) is 14.1. The minimum absolute atomic E-state index is 0. The number of halogens is 3. The average Bonchev–Trinajstić information content (AvgIpc) is 2.43.